The third-order valence-corrected chi connectivity index (χ3v) is 6.98. The molecule has 0 aliphatic carbocycles. The van der Waals surface area contributed by atoms with E-state index < -0.39 is 5.97 Å². The highest BCUT2D eigenvalue weighted by Crippen LogP contribution is 2.31. The Kier molecular flexibility index (Phi) is 8.94. The standard InChI is InChI=1S/C31H27ClO4S/c1-21-19-28(15-16-30(21)36-20-31(33)34)37-18-17-29(25-7-11-26(32)12-8-25)24-5-3-22(4-6-24)23-9-13-27(35-2)14-10-23/h3-17,19H,18,20H2,1-2H3,(H,33,34). The Bertz CT molecular complexity index is 1380. The predicted octanol–water partition coefficient (Wildman–Crippen LogP) is 8.01. The Balaban J connectivity index is 1.54. The third-order valence-electron chi connectivity index (χ3n) is 5.81. The summed E-state index contributed by atoms with van der Waals surface area (Å²) < 4.78 is 10.6. The van der Waals surface area contributed by atoms with Gasteiger partial charge in [0.15, 0.2) is 6.61 Å². The summed E-state index contributed by atoms with van der Waals surface area (Å²) in [6, 6.07) is 30.3. The van der Waals surface area contributed by atoms with Crippen LogP contribution >= 0.6 is 23.4 Å². The summed E-state index contributed by atoms with van der Waals surface area (Å²) in [6.45, 7) is 1.57. The molecule has 0 spiro atoms. The average molecular weight is 531 g/mol. The van der Waals surface area contributed by atoms with Crippen molar-refractivity contribution in [1.82, 2.24) is 0 Å². The van der Waals surface area contributed by atoms with Gasteiger partial charge in [-0.1, -0.05) is 66.2 Å². The van der Waals surface area contributed by atoms with Crippen LogP contribution in [0.15, 0.2) is 102 Å². The molecule has 4 aromatic rings. The molecule has 0 aliphatic heterocycles. The number of methoxy groups -OCH3 is 1. The van der Waals surface area contributed by atoms with Crippen LogP contribution in [-0.4, -0.2) is 30.5 Å². The van der Waals surface area contributed by atoms with Gasteiger partial charge in [0.05, 0.1) is 7.11 Å². The molecule has 0 bridgehead atoms. The van der Waals surface area contributed by atoms with Gasteiger partial charge >= 0.3 is 5.97 Å². The number of carboxylic acid groups (broad SMARTS) is 1. The molecule has 6 heteroatoms. The summed E-state index contributed by atoms with van der Waals surface area (Å²) >= 11 is 7.85. The fourth-order valence-electron chi connectivity index (χ4n) is 3.89. The van der Waals surface area contributed by atoms with Crippen LogP contribution in [0.1, 0.15) is 16.7 Å². The lowest BCUT2D eigenvalue weighted by Gasteiger charge is -2.12. The number of hydrogen-bond acceptors (Lipinski definition) is 4. The summed E-state index contributed by atoms with van der Waals surface area (Å²) in [4.78, 5) is 11.9. The predicted molar refractivity (Wildman–Crippen MR) is 152 cm³/mol. The Morgan fingerprint density at radius 2 is 1.49 bits per heavy atom. The van der Waals surface area contributed by atoms with Gasteiger partial charge < -0.3 is 14.6 Å². The number of hydrogen-bond donors (Lipinski definition) is 1. The molecule has 188 valence electrons. The van der Waals surface area contributed by atoms with Crippen LogP contribution in [0, 0.1) is 6.92 Å². The summed E-state index contributed by atoms with van der Waals surface area (Å²) in [5, 5.41) is 9.54. The van der Waals surface area contributed by atoms with E-state index in [0.29, 0.717) is 10.8 Å². The van der Waals surface area contributed by atoms with Crippen LogP contribution in [0.5, 0.6) is 11.5 Å². The van der Waals surface area contributed by atoms with Crippen LogP contribution in [0.3, 0.4) is 0 Å². The van der Waals surface area contributed by atoms with Crippen molar-refractivity contribution in [2.45, 2.75) is 11.8 Å². The van der Waals surface area contributed by atoms with Crippen molar-refractivity contribution in [1.29, 1.82) is 0 Å². The summed E-state index contributed by atoms with van der Waals surface area (Å²) in [5.74, 6) is 1.19. The Labute approximate surface area is 226 Å². The second-order valence-corrected chi connectivity index (χ2v) is 9.88. The lowest BCUT2D eigenvalue weighted by atomic mass is 9.95. The van der Waals surface area contributed by atoms with Crippen molar-refractivity contribution in [2.24, 2.45) is 0 Å². The molecule has 0 unspecified atom stereocenters. The number of benzene rings is 4. The number of ether oxygens (including phenoxy) is 2. The third kappa shape index (κ3) is 7.19. The zero-order valence-corrected chi connectivity index (χ0v) is 22.2. The Morgan fingerprint density at radius 1 is 0.892 bits per heavy atom. The van der Waals surface area contributed by atoms with Gasteiger partial charge in [0.1, 0.15) is 11.5 Å². The quantitative estimate of drug-likeness (QED) is 0.210. The molecule has 0 fully saturated rings. The fraction of sp³-hybridized carbons (Fsp3) is 0.129. The molecule has 37 heavy (non-hydrogen) atoms. The molecule has 0 heterocycles. The zero-order valence-electron chi connectivity index (χ0n) is 20.6. The molecule has 0 amide bonds. The molecule has 0 radical (unpaired) electrons. The average Bonchev–Trinajstić information content (AvgIpc) is 2.91. The van der Waals surface area contributed by atoms with E-state index in [-0.39, 0.29) is 6.61 Å². The Hall–Kier alpha value is -3.67. The van der Waals surface area contributed by atoms with Gasteiger partial charge in [-0.15, -0.1) is 11.8 Å². The van der Waals surface area contributed by atoms with Crippen LogP contribution in [0.25, 0.3) is 16.7 Å². The molecular weight excluding hydrogens is 504 g/mol. The molecule has 0 saturated heterocycles. The number of halogens is 1. The van der Waals surface area contributed by atoms with Crippen molar-refractivity contribution in [3.8, 4) is 22.6 Å². The second-order valence-electron chi connectivity index (χ2n) is 8.35. The van der Waals surface area contributed by atoms with Gasteiger partial charge in [-0.2, -0.15) is 0 Å². The van der Waals surface area contributed by atoms with E-state index in [0.717, 1.165) is 49.8 Å². The first-order chi connectivity index (χ1) is 17.9. The van der Waals surface area contributed by atoms with Crippen molar-refractivity contribution in [3.63, 3.8) is 0 Å². The van der Waals surface area contributed by atoms with Crippen LogP contribution in [0.2, 0.25) is 5.02 Å². The number of thioether (sulfide) groups is 1. The molecular formula is C31H27ClO4S. The van der Waals surface area contributed by atoms with E-state index in [1.165, 1.54) is 0 Å². The first-order valence-corrected chi connectivity index (χ1v) is 13.1. The summed E-state index contributed by atoms with van der Waals surface area (Å²) in [5.41, 5.74) is 6.51. The maximum atomic E-state index is 10.8. The Morgan fingerprint density at radius 3 is 2.05 bits per heavy atom. The number of aliphatic carboxylic acids is 1. The normalized spacial score (nSPS) is 11.3. The SMILES string of the molecule is COc1ccc(-c2ccc(C(=CCSc3ccc(OCC(=O)O)c(C)c3)c3ccc(Cl)cc3)cc2)cc1. The summed E-state index contributed by atoms with van der Waals surface area (Å²) in [6.07, 6.45) is 2.22. The van der Waals surface area contributed by atoms with Gasteiger partial charge in [-0.3, -0.25) is 0 Å². The molecule has 4 rings (SSSR count). The smallest absolute Gasteiger partial charge is 0.341 e. The van der Waals surface area contributed by atoms with E-state index in [1.807, 2.05) is 61.5 Å². The fourth-order valence-corrected chi connectivity index (χ4v) is 4.88. The van der Waals surface area contributed by atoms with Gasteiger partial charge in [0, 0.05) is 15.7 Å². The van der Waals surface area contributed by atoms with Crippen molar-refractivity contribution >= 4 is 34.9 Å². The van der Waals surface area contributed by atoms with E-state index >= 15 is 0 Å². The van der Waals surface area contributed by atoms with E-state index in [4.69, 9.17) is 26.2 Å². The van der Waals surface area contributed by atoms with Gasteiger partial charge in [-0.05, 0) is 82.8 Å². The number of carboxylic acids is 1. The van der Waals surface area contributed by atoms with E-state index in [9.17, 15) is 4.79 Å². The van der Waals surface area contributed by atoms with Crippen LogP contribution in [-0.2, 0) is 4.79 Å². The highest BCUT2D eigenvalue weighted by atomic mass is 35.5. The number of rotatable bonds is 10. The molecule has 0 atom stereocenters. The lowest BCUT2D eigenvalue weighted by Crippen LogP contribution is -2.09. The van der Waals surface area contributed by atoms with Gasteiger partial charge in [-0.25, -0.2) is 4.79 Å². The maximum absolute atomic E-state index is 10.8. The first kappa shape index (κ1) is 26.4. The topological polar surface area (TPSA) is 55.8 Å². The molecule has 4 aromatic carbocycles. The molecule has 0 aromatic heterocycles. The van der Waals surface area contributed by atoms with Gasteiger partial charge in [0.25, 0.3) is 0 Å². The lowest BCUT2D eigenvalue weighted by molar-refractivity contribution is -0.139. The van der Waals surface area contributed by atoms with Gasteiger partial charge in [0.2, 0.25) is 0 Å². The molecule has 0 saturated carbocycles. The van der Waals surface area contributed by atoms with Crippen LogP contribution < -0.4 is 9.47 Å². The first-order valence-electron chi connectivity index (χ1n) is 11.7. The van der Waals surface area contributed by atoms with E-state index in [2.05, 4.69) is 42.5 Å². The number of carbonyl (C=O) groups is 1. The van der Waals surface area contributed by atoms with E-state index in [1.54, 1.807) is 18.9 Å². The maximum Gasteiger partial charge on any atom is 0.341 e. The second kappa shape index (κ2) is 12.5. The summed E-state index contributed by atoms with van der Waals surface area (Å²) in [7, 11) is 1.67. The highest BCUT2D eigenvalue weighted by molar-refractivity contribution is 7.99. The highest BCUT2D eigenvalue weighted by Gasteiger charge is 2.08. The molecule has 1 N–H and O–H groups in total. The minimum Gasteiger partial charge on any atom is -0.497 e. The monoisotopic (exact) mass is 530 g/mol. The van der Waals surface area contributed by atoms with Crippen molar-refractivity contribution in [2.75, 3.05) is 19.5 Å². The minimum atomic E-state index is -0.991. The molecule has 4 nitrogen and oxygen atoms in total. The van der Waals surface area contributed by atoms with Crippen molar-refractivity contribution < 1.29 is 19.4 Å². The minimum absolute atomic E-state index is 0.349. The largest absolute Gasteiger partial charge is 0.497 e. The van der Waals surface area contributed by atoms with Crippen LogP contribution in [0.4, 0.5) is 0 Å². The van der Waals surface area contributed by atoms with Crippen molar-refractivity contribution in [3.05, 3.63) is 119 Å². The number of aryl methyl sites for hydroxylation is 1. The molecule has 0 aliphatic rings. The zero-order chi connectivity index (χ0) is 26.2.